The van der Waals surface area contributed by atoms with E-state index >= 15 is 0 Å². The topological polar surface area (TPSA) is 57.7 Å². The van der Waals surface area contributed by atoms with Crippen LogP contribution in [0.3, 0.4) is 0 Å². The number of carbonyl (C=O) groups is 1. The van der Waals surface area contributed by atoms with Gasteiger partial charge in [0, 0.05) is 37.8 Å². The zero-order valence-corrected chi connectivity index (χ0v) is 15.8. The quantitative estimate of drug-likeness (QED) is 0.777. The van der Waals surface area contributed by atoms with Crippen LogP contribution >= 0.6 is 0 Å². The molecule has 1 aromatic carbocycles. The smallest absolute Gasteiger partial charge is 0.223 e. The van der Waals surface area contributed by atoms with Gasteiger partial charge >= 0.3 is 0 Å². The number of anilines is 1. The number of amides is 1. The van der Waals surface area contributed by atoms with Crippen molar-refractivity contribution < 1.29 is 13.2 Å². The van der Waals surface area contributed by atoms with E-state index in [1.165, 1.54) is 18.5 Å². The van der Waals surface area contributed by atoms with Crippen molar-refractivity contribution in [1.82, 2.24) is 4.90 Å². The SMILES string of the molecule is CCN(C(=O)CCc1ccc(N2CCCC2)cc1)C1CCS(=O)(=O)C1. The second-order valence-corrected chi connectivity index (χ2v) is 9.33. The highest BCUT2D eigenvalue weighted by Gasteiger charge is 2.33. The lowest BCUT2D eigenvalue weighted by Gasteiger charge is -2.27. The monoisotopic (exact) mass is 364 g/mol. The molecule has 6 heteroatoms. The van der Waals surface area contributed by atoms with Gasteiger partial charge in [-0.25, -0.2) is 8.42 Å². The molecule has 2 aliphatic rings. The average Bonchev–Trinajstić information content (AvgIpc) is 3.24. The molecule has 2 aliphatic heterocycles. The minimum atomic E-state index is -2.96. The molecule has 1 amide bonds. The predicted molar refractivity (Wildman–Crippen MR) is 101 cm³/mol. The number of hydrogen-bond donors (Lipinski definition) is 0. The van der Waals surface area contributed by atoms with Crippen molar-refractivity contribution in [2.75, 3.05) is 36.0 Å². The summed E-state index contributed by atoms with van der Waals surface area (Å²) in [7, 11) is -2.96. The van der Waals surface area contributed by atoms with Crippen molar-refractivity contribution in [3.05, 3.63) is 29.8 Å². The second-order valence-electron chi connectivity index (χ2n) is 7.10. The fourth-order valence-electron chi connectivity index (χ4n) is 3.90. The standard InChI is InChI=1S/C19H28N2O3S/c1-2-21(18-11-14-25(23,24)15-18)19(22)10-7-16-5-8-17(9-6-16)20-12-3-4-13-20/h5-6,8-9,18H,2-4,7,10-15H2,1H3. The van der Waals surface area contributed by atoms with E-state index in [-0.39, 0.29) is 23.5 Å². The van der Waals surface area contributed by atoms with Crippen molar-refractivity contribution in [3.8, 4) is 0 Å². The summed E-state index contributed by atoms with van der Waals surface area (Å²) >= 11 is 0. The Hall–Kier alpha value is -1.56. The molecule has 2 saturated heterocycles. The largest absolute Gasteiger partial charge is 0.372 e. The first kappa shape index (κ1) is 18.2. The lowest BCUT2D eigenvalue weighted by Crippen LogP contribution is -2.41. The summed E-state index contributed by atoms with van der Waals surface area (Å²) in [4.78, 5) is 16.7. The van der Waals surface area contributed by atoms with Gasteiger partial charge in [-0.1, -0.05) is 12.1 Å². The fourth-order valence-corrected chi connectivity index (χ4v) is 5.63. The van der Waals surface area contributed by atoms with Gasteiger partial charge in [-0.15, -0.1) is 0 Å². The van der Waals surface area contributed by atoms with E-state index in [1.807, 2.05) is 6.92 Å². The molecular weight excluding hydrogens is 336 g/mol. The molecule has 2 fully saturated rings. The van der Waals surface area contributed by atoms with Crippen LogP contribution in [0, 0.1) is 0 Å². The number of sulfone groups is 1. The molecule has 0 N–H and O–H groups in total. The molecule has 0 aliphatic carbocycles. The van der Waals surface area contributed by atoms with E-state index in [0.29, 0.717) is 25.8 Å². The molecule has 0 radical (unpaired) electrons. The number of rotatable bonds is 6. The highest BCUT2D eigenvalue weighted by atomic mass is 32.2. The van der Waals surface area contributed by atoms with E-state index in [4.69, 9.17) is 0 Å². The number of hydrogen-bond acceptors (Lipinski definition) is 4. The van der Waals surface area contributed by atoms with E-state index in [1.54, 1.807) is 4.90 Å². The predicted octanol–water partition coefficient (Wildman–Crippen LogP) is 2.26. The van der Waals surface area contributed by atoms with E-state index in [0.717, 1.165) is 18.7 Å². The highest BCUT2D eigenvalue weighted by molar-refractivity contribution is 7.91. The Morgan fingerprint density at radius 2 is 1.88 bits per heavy atom. The molecule has 0 aromatic heterocycles. The maximum absolute atomic E-state index is 12.5. The Kier molecular flexibility index (Phi) is 5.67. The Morgan fingerprint density at radius 1 is 1.20 bits per heavy atom. The van der Waals surface area contributed by atoms with Crippen LogP contribution in [0.2, 0.25) is 0 Å². The third kappa shape index (κ3) is 4.54. The summed E-state index contributed by atoms with van der Waals surface area (Å²) in [5.41, 5.74) is 2.42. The molecule has 3 rings (SSSR count). The molecule has 1 unspecified atom stereocenters. The van der Waals surface area contributed by atoms with Crippen LogP contribution in [0.15, 0.2) is 24.3 Å². The summed E-state index contributed by atoms with van der Waals surface area (Å²) in [6, 6.07) is 8.37. The molecule has 138 valence electrons. The Bertz CT molecular complexity index is 694. The molecule has 25 heavy (non-hydrogen) atoms. The number of nitrogens with zero attached hydrogens (tertiary/aromatic N) is 2. The minimum absolute atomic E-state index is 0.0632. The molecule has 1 atom stereocenters. The normalized spacial score (nSPS) is 22.3. The van der Waals surface area contributed by atoms with Crippen molar-refractivity contribution in [2.24, 2.45) is 0 Å². The number of benzene rings is 1. The van der Waals surface area contributed by atoms with Crippen LogP contribution < -0.4 is 4.90 Å². The van der Waals surface area contributed by atoms with Gasteiger partial charge in [0.15, 0.2) is 9.84 Å². The second kappa shape index (κ2) is 7.77. The molecule has 2 heterocycles. The maximum Gasteiger partial charge on any atom is 0.223 e. The first-order chi connectivity index (χ1) is 12.0. The zero-order chi connectivity index (χ0) is 17.9. The molecule has 0 spiro atoms. The highest BCUT2D eigenvalue weighted by Crippen LogP contribution is 2.22. The van der Waals surface area contributed by atoms with Crippen LogP contribution in [-0.4, -0.2) is 56.4 Å². The summed E-state index contributed by atoms with van der Waals surface area (Å²) in [5, 5.41) is 0. The molecule has 1 aromatic rings. The van der Waals surface area contributed by atoms with Gasteiger partial charge in [-0.05, 0) is 50.3 Å². The summed E-state index contributed by atoms with van der Waals surface area (Å²) in [6.45, 7) is 4.77. The van der Waals surface area contributed by atoms with E-state index in [2.05, 4.69) is 29.2 Å². The summed E-state index contributed by atoms with van der Waals surface area (Å²) in [6.07, 6.45) is 4.25. The Labute approximate surface area is 150 Å². The molecule has 0 saturated carbocycles. The average molecular weight is 365 g/mol. The van der Waals surface area contributed by atoms with Crippen molar-refractivity contribution in [3.63, 3.8) is 0 Å². The van der Waals surface area contributed by atoms with E-state index in [9.17, 15) is 13.2 Å². The van der Waals surface area contributed by atoms with Crippen LogP contribution in [-0.2, 0) is 21.1 Å². The number of carbonyl (C=O) groups excluding carboxylic acids is 1. The molecular formula is C19H28N2O3S. The van der Waals surface area contributed by atoms with Gasteiger partial charge < -0.3 is 9.80 Å². The van der Waals surface area contributed by atoms with Crippen LogP contribution in [0.25, 0.3) is 0 Å². The maximum atomic E-state index is 12.5. The van der Waals surface area contributed by atoms with Gasteiger partial charge in [0.05, 0.1) is 11.5 Å². The van der Waals surface area contributed by atoms with Gasteiger partial charge in [0.25, 0.3) is 0 Å². The fraction of sp³-hybridized carbons (Fsp3) is 0.632. The summed E-state index contributed by atoms with van der Waals surface area (Å²) < 4.78 is 23.3. The van der Waals surface area contributed by atoms with Gasteiger partial charge in [-0.3, -0.25) is 4.79 Å². The lowest BCUT2D eigenvalue weighted by molar-refractivity contribution is -0.132. The Morgan fingerprint density at radius 3 is 2.44 bits per heavy atom. The van der Waals surface area contributed by atoms with E-state index < -0.39 is 9.84 Å². The van der Waals surface area contributed by atoms with Gasteiger partial charge in [0.1, 0.15) is 0 Å². The molecule has 5 nitrogen and oxygen atoms in total. The molecule has 0 bridgehead atoms. The van der Waals surface area contributed by atoms with Gasteiger partial charge in [-0.2, -0.15) is 0 Å². The first-order valence-corrected chi connectivity index (χ1v) is 11.1. The van der Waals surface area contributed by atoms with Crippen LogP contribution in [0.4, 0.5) is 5.69 Å². The third-order valence-electron chi connectivity index (χ3n) is 5.35. The Balaban J connectivity index is 1.54. The van der Waals surface area contributed by atoms with Crippen molar-refractivity contribution >= 4 is 21.4 Å². The summed E-state index contributed by atoms with van der Waals surface area (Å²) in [5.74, 6) is 0.393. The first-order valence-electron chi connectivity index (χ1n) is 9.32. The van der Waals surface area contributed by atoms with Crippen LogP contribution in [0.1, 0.15) is 38.2 Å². The third-order valence-corrected chi connectivity index (χ3v) is 7.10. The number of aryl methyl sites for hydroxylation is 1. The van der Waals surface area contributed by atoms with Crippen molar-refractivity contribution in [1.29, 1.82) is 0 Å². The van der Waals surface area contributed by atoms with Crippen molar-refractivity contribution in [2.45, 2.75) is 45.1 Å². The van der Waals surface area contributed by atoms with Gasteiger partial charge in [0.2, 0.25) is 5.91 Å². The zero-order valence-electron chi connectivity index (χ0n) is 15.0. The van der Waals surface area contributed by atoms with Crippen LogP contribution in [0.5, 0.6) is 0 Å². The lowest BCUT2D eigenvalue weighted by atomic mass is 10.1. The minimum Gasteiger partial charge on any atom is -0.372 e.